The molecule has 1 N–H and O–H groups in total. The zero-order chi connectivity index (χ0) is 23.2. The minimum Gasteiger partial charge on any atom is -0.497 e. The summed E-state index contributed by atoms with van der Waals surface area (Å²) in [5.74, 6) is 1.24. The molecule has 1 fully saturated rings. The van der Waals surface area contributed by atoms with E-state index >= 15 is 0 Å². The van der Waals surface area contributed by atoms with E-state index < -0.39 is 5.54 Å². The van der Waals surface area contributed by atoms with Crippen LogP contribution in [0.4, 0.5) is 0 Å². The van der Waals surface area contributed by atoms with Crippen molar-refractivity contribution >= 4 is 22.9 Å². The van der Waals surface area contributed by atoms with Crippen molar-refractivity contribution in [1.29, 1.82) is 0 Å². The largest absolute Gasteiger partial charge is 0.497 e. The van der Waals surface area contributed by atoms with Crippen LogP contribution >= 0.6 is 0 Å². The number of hydrogen-bond acceptors (Lipinski definition) is 4. The van der Waals surface area contributed by atoms with Gasteiger partial charge in [0.25, 0.3) is 5.91 Å². The first kappa shape index (κ1) is 21.6. The average Bonchev–Trinajstić information content (AvgIpc) is 3.34. The van der Waals surface area contributed by atoms with Gasteiger partial charge < -0.3 is 23.9 Å². The topological polar surface area (TPSA) is 76.7 Å². The molecule has 3 heterocycles. The highest BCUT2D eigenvalue weighted by molar-refractivity contribution is 6.03. The summed E-state index contributed by atoms with van der Waals surface area (Å²) in [4.78, 5) is 29.3. The molecular weight excluding hydrogens is 418 g/mol. The van der Waals surface area contributed by atoms with Crippen LogP contribution in [0.2, 0.25) is 0 Å². The molecule has 1 aliphatic carbocycles. The summed E-state index contributed by atoms with van der Waals surface area (Å²) in [5, 5.41) is 3.27. The van der Waals surface area contributed by atoms with Gasteiger partial charge in [0.1, 0.15) is 22.7 Å². The molecule has 7 heteroatoms. The lowest BCUT2D eigenvalue weighted by atomic mass is 9.91. The standard InChI is InChI=1S/C26H31N3O4/c1-17-12-21-23(33-17)14-22-24(30)29(15-18-8-7-11-20(13-18)32-3)26(2,16-28(21)22)25(31)27-19-9-5-4-6-10-19/h7-8,11-14,19H,4-6,9-10,15-16H2,1-3H3,(H,27,31). The molecule has 2 aliphatic rings. The first-order valence-electron chi connectivity index (χ1n) is 11.7. The minimum absolute atomic E-state index is 0.0987. The first-order chi connectivity index (χ1) is 15.9. The van der Waals surface area contributed by atoms with Gasteiger partial charge in [0.2, 0.25) is 5.91 Å². The van der Waals surface area contributed by atoms with Gasteiger partial charge in [-0.15, -0.1) is 0 Å². The number of furan rings is 1. The van der Waals surface area contributed by atoms with Crippen molar-refractivity contribution in [3.8, 4) is 5.75 Å². The van der Waals surface area contributed by atoms with E-state index in [0.29, 0.717) is 24.4 Å². The third kappa shape index (κ3) is 3.79. The number of benzene rings is 1. The Labute approximate surface area is 193 Å². The highest BCUT2D eigenvalue weighted by atomic mass is 16.5. The van der Waals surface area contributed by atoms with Crippen LogP contribution in [-0.2, 0) is 17.9 Å². The first-order valence-corrected chi connectivity index (χ1v) is 11.7. The molecule has 0 radical (unpaired) electrons. The van der Waals surface area contributed by atoms with Crippen molar-refractivity contribution in [2.24, 2.45) is 0 Å². The summed E-state index contributed by atoms with van der Waals surface area (Å²) in [7, 11) is 1.62. The lowest BCUT2D eigenvalue weighted by Gasteiger charge is -2.44. The van der Waals surface area contributed by atoms with Gasteiger partial charge in [-0.3, -0.25) is 9.59 Å². The Morgan fingerprint density at radius 1 is 1.21 bits per heavy atom. The number of amides is 2. The maximum absolute atomic E-state index is 13.8. The Hall–Kier alpha value is -3.22. The van der Waals surface area contributed by atoms with E-state index in [0.717, 1.165) is 48.3 Å². The summed E-state index contributed by atoms with van der Waals surface area (Å²) in [6.07, 6.45) is 5.46. The van der Waals surface area contributed by atoms with Crippen LogP contribution in [0.5, 0.6) is 5.75 Å². The number of fused-ring (bicyclic) bond motifs is 3. The Morgan fingerprint density at radius 2 is 2.00 bits per heavy atom. The van der Waals surface area contributed by atoms with Crippen LogP contribution in [0.1, 0.15) is 60.8 Å². The fraction of sp³-hybridized carbons (Fsp3) is 0.462. The second-order valence-corrected chi connectivity index (χ2v) is 9.55. The fourth-order valence-electron chi connectivity index (χ4n) is 5.25. The van der Waals surface area contributed by atoms with Crippen molar-refractivity contribution in [3.63, 3.8) is 0 Å². The molecule has 1 aromatic carbocycles. The molecule has 0 spiro atoms. The maximum Gasteiger partial charge on any atom is 0.271 e. The minimum atomic E-state index is -1.04. The number of carbonyl (C=O) groups excluding carboxylic acids is 2. The summed E-state index contributed by atoms with van der Waals surface area (Å²) in [6, 6.07) is 11.5. The predicted octanol–water partition coefficient (Wildman–Crippen LogP) is 4.41. The summed E-state index contributed by atoms with van der Waals surface area (Å²) < 4.78 is 13.1. The number of aromatic nitrogens is 1. The van der Waals surface area contributed by atoms with Gasteiger partial charge in [-0.2, -0.15) is 0 Å². The number of hydrogen-bond donors (Lipinski definition) is 1. The molecule has 33 heavy (non-hydrogen) atoms. The molecule has 0 bridgehead atoms. The Balaban J connectivity index is 1.54. The molecular formula is C26H31N3O4. The van der Waals surface area contributed by atoms with Crippen molar-refractivity contribution in [2.75, 3.05) is 7.11 Å². The quantitative estimate of drug-likeness (QED) is 0.626. The average molecular weight is 450 g/mol. The van der Waals surface area contributed by atoms with Crippen molar-refractivity contribution < 1.29 is 18.7 Å². The monoisotopic (exact) mass is 449 g/mol. The van der Waals surface area contributed by atoms with Gasteiger partial charge in [0.15, 0.2) is 5.58 Å². The molecule has 1 saturated carbocycles. The molecule has 1 unspecified atom stereocenters. The Bertz CT molecular complexity index is 1200. The molecule has 0 saturated heterocycles. The van der Waals surface area contributed by atoms with E-state index in [9.17, 15) is 9.59 Å². The zero-order valence-corrected chi connectivity index (χ0v) is 19.5. The second kappa shape index (κ2) is 8.28. The molecule has 174 valence electrons. The van der Waals surface area contributed by atoms with E-state index in [-0.39, 0.29) is 17.9 Å². The third-order valence-electron chi connectivity index (χ3n) is 7.14. The SMILES string of the molecule is COc1cccc(CN2C(=O)c3cc4oc(C)cc4n3CC2(C)C(=O)NC2CCCCC2)c1. The van der Waals surface area contributed by atoms with Crippen molar-refractivity contribution in [2.45, 2.75) is 70.6 Å². The molecule has 2 amide bonds. The molecule has 5 rings (SSSR count). The number of methoxy groups -OCH3 is 1. The van der Waals surface area contributed by atoms with Crippen molar-refractivity contribution in [1.82, 2.24) is 14.8 Å². The highest BCUT2D eigenvalue weighted by Gasteiger charge is 2.48. The smallest absolute Gasteiger partial charge is 0.271 e. The Morgan fingerprint density at radius 3 is 2.76 bits per heavy atom. The predicted molar refractivity (Wildman–Crippen MR) is 125 cm³/mol. The highest BCUT2D eigenvalue weighted by Crippen LogP contribution is 2.35. The summed E-state index contributed by atoms with van der Waals surface area (Å²) >= 11 is 0. The van der Waals surface area contributed by atoms with Gasteiger partial charge in [-0.1, -0.05) is 31.4 Å². The van der Waals surface area contributed by atoms with E-state index in [1.807, 2.05) is 48.7 Å². The molecule has 1 aliphatic heterocycles. The number of rotatable bonds is 5. The Kier molecular flexibility index (Phi) is 5.43. The van der Waals surface area contributed by atoms with Crippen LogP contribution in [0, 0.1) is 6.92 Å². The van der Waals surface area contributed by atoms with Crippen LogP contribution in [0.3, 0.4) is 0 Å². The van der Waals surface area contributed by atoms with E-state index in [4.69, 9.17) is 9.15 Å². The van der Waals surface area contributed by atoms with Gasteiger partial charge in [0.05, 0.1) is 19.2 Å². The van der Waals surface area contributed by atoms with Crippen LogP contribution in [0.25, 0.3) is 11.1 Å². The van der Waals surface area contributed by atoms with Crippen LogP contribution in [0.15, 0.2) is 40.8 Å². The van der Waals surface area contributed by atoms with Gasteiger partial charge >= 0.3 is 0 Å². The normalized spacial score (nSPS) is 21.3. The number of carbonyl (C=O) groups is 2. The second-order valence-electron chi connectivity index (χ2n) is 9.55. The third-order valence-corrected chi connectivity index (χ3v) is 7.14. The zero-order valence-electron chi connectivity index (χ0n) is 19.5. The number of ether oxygens (including phenoxy) is 1. The maximum atomic E-state index is 13.8. The van der Waals surface area contributed by atoms with E-state index in [2.05, 4.69) is 5.32 Å². The molecule has 2 aromatic heterocycles. The summed E-state index contributed by atoms with van der Waals surface area (Å²) in [5.41, 5.74) is 1.96. The molecule has 7 nitrogen and oxygen atoms in total. The number of aryl methyl sites for hydroxylation is 1. The van der Waals surface area contributed by atoms with E-state index in [1.54, 1.807) is 18.1 Å². The summed E-state index contributed by atoms with van der Waals surface area (Å²) in [6.45, 7) is 4.46. The fourth-order valence-corrected chi connectivity index (χ4v) is 5.25. The van der Waals surface area contributed by atoms with Gasteiger partial charge in [-0.05, 0) is 44.4 Å². The van der Waals surface area contributed by atoms with Crippen molar-refractivity contribution in [3.05, 3.63) is 53.4 Å². The lowest BCUT2D eigenvalue weighted by molar-refractivity contribution is -0.134. The lowest BCUT2D eigenvalue weighted by Crippen LogP contribution is -2.64. The van der Waals surface area contributed by atoms with E-state index in [1.165, 1.54) is 6.42 Å². The number of nitrogens with one attached hydrogen (secondary N) is 1. The van der Waals surface area contributed by atoms with Crippen LogP contribution < -0.4 is 10.1 Å². The van der Waals surface area contributed by atoms with Crippen LogP contribution in [-0.4, -0.2) is 40.0 Å². The molecule has 1 atom stereocenters. The van der Waals surface area contributed by atoms with Gasteiger partial charge in [-0.25, -0.2) is 0 Å². The number of nitrogens with zero attached hydrogens (tertiary/aromatic N) is 2. The molecule has 3 aromatic rings. The van der Waals surface area contributed by atoms with Gasteiger partial charge in [0, 0.05) is 24.7 Å².